The third kappa shape index (κ3) is 2.78. The maximum atomic E-state index is 4.38. The zero-order valence-electron chi connectivity index (χ0n) is 13.9. The zero-order chi connectivity index (χ0) is 15.7. The van der Waals surface area contributed by atoms with Crippen molar-refractivity contribution in [2.75, 3.05) is 0 Å². The third-order valence-corrected chi connectivity index (χ3v) is 4.72. The van der Waals surface area contributed by atoms with Gasteiger partial charge in [-0.1, -0.05) is 61.5 Å². The van der Waals surface area contributed by atoms with Gasteiger partial charge < -0.3 is 0 Å². The predicted molar refractivity (Wildman–Crippen MR) is 97.1 cm³/mol. The second kappa shape index (κ2) is 5.96. The molecule has 0 aromatic heterocycles. The molecule has 2 aromatic carbocycles. The Morgan fingerprint density at radius 3 is 2.59 bits per heavy atom. The molecule has 0 saturated carbocycles. The van der Waals surface area contributed by atoms with Gasteiger partial charge >= 0.3 is 0 Å². The van der Waals surface area contributed by atoms with Gasteiger partial charge in [-0.05, 0) is 72.1 Å². The number of rotatable bonds is 4. The number of hydrogen-bond acceptors (Lipinski definition) is 0. The van der Waals surface area contributed by atoms with Crippen molar-refractivity contribution in [3.8, 4) is 0 Å². The van der Waals surface area contributed by atoms with Gasteiger partial charge in [0.15, 0.2) is 0 Å². The van der Waals surface area contributed by atoms with Gasteiger partial charge in [0.05, 0.1) is 0 Å². The Labute approximate surface area is 134 Å². The van der Waals surface area contributed by atoms with Crippen molar-refractivity contribution in [1.82, 2.24) is 0 Å². The first-order valence-corrected chi connectivity index (χ1v) is 8.14. The van der Waals surface area contributed by atoms with Crippen LogP contribution >= 0.6 is 0 Å². The molecule has 0 amide bonds. The van der Waals surface area contributed by atoms with Crippen LogP contribution in [-0.4, -0.2) is 0 Å². The molecule has 1 aliphatic carbocycles. The fourth-order valence-corrected chi connectivity index (χ4v) is 3.49. The van der Waals surface area contributed by atoms with Crippen molar-refractivity contribution < 1.29 is 0 Å². The Morgan fingerprint density at radius 1 is 1.09 bits per heavy atom. The third-order valence-electron chi connectivity index (χ3n) is 4.72. The van der Waals surface area contributed by atoms with Gasteiger partial charge in [-0.3, -0.25) is 0 Å². The van der Waals surface area contributed by atoms with Crippen LogP contribution in [-0.2, 0) is 12.8 Å². The molecule has 0 aliphatic heterocycles. The summed E-state index contributed by atoms with van der Waals surface area (Å²) in [4.78, 5) is 0. The van der Waals surface area contributed by atoms with Crippen LogP contribution < -0.4 is 0 Å². The van der Waals surface area contributed by atoms with Gasteiger partial charge in [0.25, 0.3) is 0 Å². The molecule has 0 saturated heterocycles. The summed E-state index contributed by atoms with van der Waals surface area (Å²) in [5.74, 6) is 0. The first kappa shape index (κ1) is 14.8. The van der Waals surface area contributed by atoms with Crippen LogP contribution in [0.1, 0.15) is 46.7 Å². The van der Waals surface area contributed by atoms with Crippen LogP contribution in [0.4, 0.5) is 0 Å². The van der Waals surface area contributed by atoms with E-state index in [1.54, 1.807) is 0 Å². The molecule has 0 bridgehead atoms. The molecule has 1 aliphatic rings. The summed E-state index contributed by atoms with van der Waals surface area (Å²) in [6.07, 6.45) is 5.47. The minimum absolute atomic E-state index is 0.974. The Balaban J connectivity index is 1.82. The van der Waals surface area contributed by atoms with Gasteiger partial charge in [0.1, 0.15) is 0 Å². The van der Waals surface area contributed by atoms with Gasteiger partial charge in [-0.2, -0.15) is 0 Å². The maximum Gasteiger partial charge on any atom is -0.00545 e. The van der Waals surface area contributed by atoms with Crippen molar-refractivity contribution in [3.63, 3.8) is 0 Å². The van der Waals surface area contributed by atoms with E-state index in [0.717, 1.165) is 19.3 Å². The molecule has 2 aromatic rings. The highest BCUT2D eigenvalue weighted by Gasteiger charge is 2.14. The minimum atomic E-state index is 0.974. The van der Waals surface area contributed by atoms with Crippen LogP contribution in [0.5, 0.6) is 0 Å². The van der Waals surface area contributed by atoms with Crippen molar-refractivity contribution in [1.29, 1.82) is 0 Å². The van der Waals surface area contributed by atoms with Crippen LogP contribution in [0.2, 0.25) is 0 Å². The Morgan fingerprint density at radius 2 is 1.86 bits per heavy atom. The molecule has 0 fully saturated rings. The van der Waals surface area contributed by atoms with Crippen molar-refractivity contribution in [3.05, 3.63) is 81.9 Å². The molecule has 3 rings (SSSR count). The van der Waals surface area contributed by atoms with E-state index in [-0.39, 0.29) is 0 Å². The molecule has 0 radical (unpaired) electrons. The van der Waals surface area contributed by atoms with Gasteiger partial charge in [-0.15, -0.1) is 0 Å². The van der Waals surface area contributed by atoms with Crippen LogP contribution in [0.3, 0.4) is 0 Å². The predicted octanol–water partition coefficient (Wildman–Crippen LogP) is 5.91. The summed E-state index contributed by atoms with van der Waals surface area (Å²) in [6.45, 7) is 11.0. The highest BCUT2D eigenvalue weighted by Crippen LogP contribution is 2.32. The lowest BCUT2D eigenvalue weighted by Gasteiger charge is -2.14. The molecular weight excluding hydrogens is 264 g/mol. The van der Waals surface area contributed by atoms with Crippen molar-refractivity contribution in [2.45, 2.75) is 40.0 Å². The molecular formula is C22H24. The summed E-state index contributed by atoms with van der Waals surface area (Å²) in [5, 5.41) is 0. The first-order chi connectivity index (χ1) is 10.6. The summed E-state index contributed by atoms with van der Waals surface area (Å²) in [6, 6.07) is 13.3. The van der Waals surface area contributed by atoms with E-state index in [2.05, 4.69) is 69.8 Å². The monoisotopic (exact) mass is 288 g/mol. The van der Waals surface area contributed by atoms with E-state index in [0.29, 0.717) is 0 Å². The highest BCUT2D eigenvalue weighted by molar-refractivity contribution is 5.73. The average molecular weight is 288 g/mol. The Kier molecular flexibility index (Phi) is 4.02. The lowest BCUT2D eigenvalue weighted by molar-refractivity contribution is 1.09. The lowest BCUT2D eigenvalue weighted by Crippen LogP contribution is -1.96. The van der Waals surface area contributed by atoms with Crippen molar-refractivity contribution in [2.24, 2.45) is 0 Å². The molecule has 0 heteroatoms. The number of benzene rings is 2. The van der Waals surface area contributed by atoms with Crippen LogP contribution in [0, 0.1) is 13.8 Å². The molecule has 22 heavy (non-hydrogen) atoms. The molecule has 0 N–H and O–H groups in total. The van der Waals surface area contributed by atoms with Crippen LogP contribution in [0.25, 0.3) is 11.6 Å². The fourth-order valence-electron chi connectivity index (χ4n) is 3.49. The molecule has 0 atom stereocenters. The lowest BCUT2D eigenvalue weighted by atomic mass is 9.91. The van der Waals surface area contributed by atoms with E-state index < -0.39 is 0 Å². The quantitative estimate of drug-likeness (QED) is 0.656. The van der Waals surface area contributed by atoms with Gasteiger partial charge in [0, 0.05) is 0 Å². The van der Waals surface area contributed by atoms with E-state index in [4.69, 9.17) is 0 Å². The number of allylic oxidation sites excluding steroid dienone is 2. The molecule has 0 spiro atoms. The first-order valence-electron chi connectivity index (χ1n) is 8.14. The maximum absolute atomic E-state index is 4.38. The summed E-state index contributed by atoms with van der Waals surface area (Å²) < 4.78 is 0. The zero-order valence-corrected chi connectivity index (χ0v) is 13.9. The van der Waals surface area contributed by atoms with Gasteiger partial charge in [-0.25, -0.2) is 0 Å². The normalized spacial score (nSPS) is 13.0. The largest absolute Gasteiger partial charge is 0.0949 e. The summed E-state index contributed by atoms with van der Waals surface area (Å²) >= 11 is 0. The van der Waals surface area contributed by atoms with E-state index in [1.807, 2.05) is 0 Å². The standard InChI is InChI=1S/C22H24/c1-5-19-14-22(16(3)10-15(19)2)17(4)11-18-12-20-8-6-7-9-21(20)13-18/h6-10,12,14H,4-5,11,13H2,1-3H3. The number of hydrogen-bond donors (Lipinski definition) is 0. The van der Waals surface area contributed by atoms with Crippen molar-refractivity contribution >= 4 is 11.6 Å². The Hall–Kier alpha value is -2.08. The number of fused-ring (bicyclic) bond motifs is 1. The Bertz CT molecular complexity index is 760. The second-order valence-electron chi connectivity index (χ2n) is 6.41. The molecule has 0 heterocycles. The smallest absolute Gasteiger partial charge is 0.00545 e. The average Bonchev–Trinajstić information content (AvgIpc) is 2.89. The topological polar surface area (TPSA) is 0 Å². The van der Waals surface area contributed by atoms with Crippen LogP contribution in [0.15, 0.2) is 48.6 Å². The fraction of sp³-hybridized carbons (Fsp3) is 0.273. The summed E-state index contributed by atoms with van der Waals surface area (Å²) in [5.41, 5.74) is 11.0. The summed E-state index contributed by atoms with van der Waals surface area (Å²) in [7, 11) is 0. The molecule has 112 valence electrons. The molecule has 0 nitrogen and oxygen atoms in total. The van der Waals surface area contributed by atoms with E-state index >= 15 is 0 Å². The molecule has 0 unspecified atom stereocenters. The SMILES string of the molecule is C=C(CC1=Cc2ccccc2C1)c1cc(CC)c(C)cc1C. The van der Waals surface area contributed by atoms with Gasteiger partial charge in [0.2, 0.25) is 0 Å². The second-order valence-corrected chi connectivity index (χ2v) is 6.41. The minimum Gasteiger partial charge on any atom is -0.0949 e. The highest BCUT2D eigenvalue weighted by atomic mass is 14.2. The van der Waals surface area contributed by atoms with E-state index in [1.165, 1.54) is 44.5 Å². The number of aryl methyl sites for hydroxylation is 3. The van der Waals surface area contributed by atoms with E-state index in [9.17, 15) is 0 Å².